The van der Waals surface area contributed by atoms with E-state index in [-0.39, 0.29) is 17.6 Å². The Labute approximate surface area is 103 Å². The number of carbonyl (C=O) groups excluding carboxylic acids is 1. The molecule has 2 unspecified atom stereocenters. The second-order valence-corrected chi connectivity index (χ2v) is 4.95. The van der Waals surface area contributed by atoms with Gasteiger partial charge in [-0.25, -0.2) is 9.18 Å². The van der Waals surface area contributed by atoms with Crippen LogP contribution in [0.1, 0.15) is 52.4 Å². The minimum atomic E-state index is -1.23. The number of halogens is 1. The summed E-state index contributed by atoms with van der Waals surface area (Å²) >= 11 is 0. The molecule has 0 aromatic rings. The third kappa shape index (κ3) is 4.14. The Bertz CT molecular complexity index is 269. The highest BCUT2D eigenvalue weighted by Crippen LogP contribution is 2.31. The second kappa shape index (κ2) is 6.77. The molecule has 3 heteroatoms. The van der Waals surface area contributed by atoms with Crippen LogP contribution in [0.5, 0.6) is 0 Å². The van der Waals surface area contributed by atoms with Gasteiger partial charge in [0.05, 0.1) is 11.7 Å². The Morgan fingerprint density at radius 2 is 2.00 bits per heavy atom. The van der Waals surface area contributed by atoms with Crippen LogP contribution in [0.4, 0.5) is 4.39 Å². The van der Waals surface area contributed by atoms with Crippen LogP contribution in [-0.4, -0.2) is 18.2 Å². The first-order valence-corrected chi connectivity index (χ1v) is 6.60. The summed E-state index contributed by atoms with van der Waals surface area (Å²) in [5, 5.41) is 0. The molecule has 1 fully saturated rings. The molecule has 0 spiro atoms. The summed E-state index contributed by atoms with van der Waals surface area (Å²) in [5.74, 6) is -0.613. The van der Waals surface area contributed by atoms with Gasteiger partial charge < -0.3 is 4.74 Å². The maximum atomic E-state index is 14.1. The van der Waals surface area contributed by atoms with Crippen molar-refractivity contribution in [3.8, 4) is 0 Å². The average Bonchev–Trinajstić information content (AvgIpc) is 2.37. The lowest BCUT2D eigenvalue weighted by atomic mass is 9.83. The van der Waals surface area contributed by atoms with E-state index in [0.29, 0.717) is 0 Å². The standard InChI is InChI=1S/C14H23FO2/c1-4-10(2)17-14(16)11(3)13(15)12-8-6-5-7-9-12/h10,12-13H,3-9H2,1-2H3. The first kappa shape index (κ1) is 14.2. The van der Waals surface area contributed by atoms with Gasteiger partial charge in [-0.3, -0.25) is 0 Å². The molecule has 1 aliphatic carbocycles. The number of hydrogen-bond acceptors (Lipinski definition) is 2. The summed E-state index contributed by atoms with van der Waals surface area (Å²) in [6.07, 6.45) is 4.34. The molecule has 0 saturated heterocycles. The van der Waals surface area contributed by atoms with E-state index in [0.717, 1.165) is 32.1 Å². The summed E-state index contributed by atoms with van der Waals surface area (Å²) in [6.45, 7) is 7.30. The molecule has 1 saturated carbocycles. The van der Waals surface area contributed by atoms with Gasteiger partial charge in [-0.2, -0.15) is 0 Å². The summed E-state index contributed by atoms with van der Waals surface area (Å²) in [5.41, 5.74) is -0.00259. The van der Waals surface area contributed by atoms with Gasteiger partial charge in [0, 0.05) is 0 Å². The molecule has 98 valence electrons. The average molecular weight is 242 g/mol. The van der Waals surface area contributed by atoms with Crippen LogP contribution in [0.2, 0.25) is 0 Å². The zero-order chi connectivity index (χ0) is 12.8. The van der Waals surface area contributed by atoms with Crippen molar-refractivity contribution >= 4 is 5.97 Å². The molecule has 1 aliphatic rings. The van der Waals surface area contributed by atoms with Crippen LogP contribution in [0.25, 0.3) is 0 Å². The van der Waals surface area contributed by atoms with E-state index in [1.54, 1.807) is 6.92 Å². The smallest absolute Gasteiger partial charge is 0.336 e. The number of ether oxygens (including phenoxy) is 1. The first-order chi connectivity index (χ1) is 8.06. The van der Waals surface area contributed by atoms with Crippen molar-refractivity contribution in [3.05, 3.63) is 12.2 Å². The molecule has 0 heterocycles. The number of carbonyl (C=O) groups is 1. The number of esters is 1. The molecular formula is C14H23FO2. The third-order valence-corrected chi connectivity index (χ3v) is 3.54. The van der Waals surface area contributed by atoms with Crippen LogP contribution >= 0.6 is 0 Å². The van der Waals surface area contributed by atoms with Gasteiger partial charge in [0.25, 0.3) is 0 Å². The van der Waals surface area contributed by atoms with Gasteiger partial charge in [0.2, 0.25) is 0 Å². The summed E-state index contributed by atoms with van der Waals surface area (Å²) in [7, 11) is 0. The predicted octanol–water partition coefficient (Wildman–Crippen LogP) is 3.80. The first-order valence-electron chi connectivity index (χ1n) is 6.60. The van der Waals surface area contributed by atoms with E-state index in [2.05, 4.69) is 6.58 Å². The van der Waals surface area contributed by atoms with Crippen molar-refractivity contribution in [2.24, 2.45) is 5.92 Å². The third-order valence-electron chi connectivity index (χ3n) is 3.54. The molecule has 0 amide bonds. The Balaban J connectivity index is 2.47. The quantitative estimate of drug-likeness (QED) is 0.541. The number of hydrogen-bond donors (Lipinski definition) is 0. The molecule has 2 atom stereocenters. The minimum absolute atomic E-state index is 0.00259. The molecule has 1 rings (SSSR count). The van der Waals surface area contributed by atoms with Gasteiger partial charge in [0.15, 0.2) is 0 Å². The molecular weight excluding hydrogens is 219 g/mol. The van der Waals surface area contributed by atoms with Gasteiger partial charge in [-0.05, 0) is 32.1 Å². The van der Waals surface area contributed by atoms with E-state index >= 15 is 0 Å². The maximum Gasteiger partial charge on any atom is 0.336 e. The molecule has 0 aliphatic heterocycles. The van der Waals surface area contributed by atoms with Crippen molar-refractivity contribution in [1.29, 1.82) is 0 Å². The van der Waals surface area contributed by atoms with Gasteiger partial charge >= 0.3 is 5.97 Å². The van der Waals surface area contributed by atoms with E-state index in [1.165, 1.54) is 6.42 Å². The normalized spacial score (nSPS) is 20.6. The molecule has 0 bridgehead atoms. The zero-order valence-corrected chi connectivity index (χ0v) is 10.9. The minimum Gasteiger partial charge on any atom is -0.459 e. The van der Waals surface area contributed by atoms with E-state index in [4.69, 9.17) is 4.74 Å². The summed E-state index contributed by atoms with van der Waals surface area (Å²) in [4.78, 5) is 11.6. The molecule has 17 heavy (non-hydrogen) atoms. The van der Waals surface area contributed by atoms with Crippen LogP contribution in [-0.2, 0) is 9.53 Å². The van der Waals surface area contributed by atoms with Crippen molar-refractivity contribution in [2.45, 2.75) is 64.6 Å². The van der Waals surface area contributed by atoms with Crippen molar-refractivity contribution in [2.75, 3.05) is 0 Å². The molecule has 0 aromatic carbocycles. The predicted molar refractivity (Wildman–Crippen MR) is 66.5 cm³/mol. The highest BCUT2D eigenvalue weighted by Gasteiger charge is 2.29. The fourth-order valence-electron chi connectivity index (χ4n) is 2.17. The van der Waals surface area contributed by atoms with Gasteiger partial charge in [0.1, 0.15) is 6.17 Å². The van der Waals surface area contributed by atoms with Gasteiger partial charge in [-0.15, -0.1) is 0 Å². The van der Waals surface area contributed by atoms with Crippen LogP contribution < -0.4 is 0 Å². The fourth-order valence-corrected chi connectivity index (χ4v) is 2.17. The summed E-state index contributed by atoms with van der Waals surface area (Å²) in [6, 6.07) is 0. The molecule has 0 aromatic heterocycles. The zero-order valence-electron chi connectivity index (χ0n) is 10.9. The van der Waals surface area contributed by atoms with E-state index in [9.17, 15) is 9.18 Å². The van der Waals surface area contributed by atoms with Crippen molar-refractivity contribution in [1.82, 2.24) is 0 Å². The highest BCUT2D eigenvalue weighted by molar-refractivity contribution is 5.89. The molecule has 0 N–H and O–H groups in total. The lowest BCUT2D eigenvalue weighted by Crippen LogP contribution is -2.27. The van der Waals surface area contributed by atoms with E-state index in [1.807, 2.05) is 6.92 Å². The van der Waals surface area contributed by atoms with Crippen molar-refractivity contribution in [3.63, 3.8) is 0 Å². The second-order valence-electron chi connectivity index (χ2n) is 4.95. The monoisotopic (exact) mass is 242 g/mol. The van der Waals surface area contributed by atoms with Crippen LogP contribution in [0, 0.1) is 5.92 Å². The maximum absolute atomic E-state index is 14.1. The lowest BCUT2D eigenvalue weighted by Gasteiger charge is -2.25. The lowest BCUT2D eigenvalue weighted by molar-refractivity contribution is -0.144. The Hall–Kier alpha value is -0.860. The Morgan fingerprint density at radius 3 is 2.53 bits per heavy atom. The number of rotatable bonds is 5. The largest absolute Gasteiger partial charge is 0.459 e. The molecule has 2 nitrogen and oxygen atoms in total. The fraction of sp³-hybridized carbons (Fsp3) is 0.786. The highest BCUT2D eigenvalue weighted by atomic mass is 19.1. The van der Waals surface area contributed by atoms with Crippen LogP contribution in [0.15, 0.2) is 12.2 Å². The Morgan fingerprint density at radius 1 is 1.41 bits per heavy atom. The number of alkyl halides is 1. The van der Waals surface area contributed by atoms with Gasteiger partial charge in [-0.1, -0.05) is 32.8 Å². The molecule has 0 radical (unpaired) electrons. The summed E-state index contributed by atoms with van der Waals surface area (Å²) < 4.78 is 19.2. The van der Waals surface area contributed by atoms with Crippen molar-refractivity contribution < 1.29 is 13.9 Å². The van der Waals surface area contributed by atoms with Crippen LogP contribution in [0.3, 0.4) is 0 Å². The Kier molecular flexibility index (Phi) is 5.66. The SMILES string of the molecule is C=C(C(=O)OC(C)CC)C(F)C1CCCCC1. The topological polar surface area (TPSA) is 26.3 Å². The van der Waals surface area contributed by atoms with E-state index < -0.39 is 12.1 Å².